The fourth-order valence-corrected chi connectivity index (χ4v) is 3.61. The Morgan fingerprint density at radius 1 is 1.00 bits per heavy atom. The van der Waals surface area contributed by atoms with Crippen molar-refractivity contribution < 1.29 is 28.9 Å². The van der Waals surface area contributed by atoms with E-state index in [1.165, 1.54) is 0 Å². The van der Waals surface area contributed by atoms with Crippen molar-refractivity contribution in [3.63, 3.8) is 0 Å². The van der Waals surface area contributed by atoms with Crippen molar-refractivity contribution in [1.29, 1.82) is 0 Å². The molecule has 0 spiro atoms. The van der Waals surface area contributed by atoms with Crippen LogP contribution in [0.15, 0.2) is 48.5 Å². The first kappa shape index (κ1) is 28.0. The Morgan fingerprint density at radius 2 is 1.74 bits per heavy atom. The number of nitrogens with zero attached hydrogens (tertiary/aromatic N) is 1. The number of carbonyl (C=O) groups is 2. The van der Waals surface area contributed by atoms with Crippen molar-refractivity contribution in [1.82, 2.24) is 4.90 Å². The lowest BCUT2D eigenvalue weighted by atomic mass is 10.1. The van der Waals surface area contributed by atoms with Gasteiger partial charge in [0.1, 0.15) is 18.1 Å². The summed E-state index contributed by atoms with van der Waals surface area (Å²) in [6.45, 7) is 5.68. The molecule has 0 aliphatic heterocycles. The van der Waals surface area contributed by atoms with Crippen molar-refractivity contribution in [3.05, 3.63) is 54.1 Å². The van der Waals surface area contributed by atoms with E-state index in [1.54, 1.807) is 37.1 Å². The Kier molecular flexibility index (Phi) is 12.5. The van der Waals surface area contributed by atoms with Gasteiger partial charge in [0.05, 0.1) is 19.3 Å². The number of rotatable bonds is 16. The van der Waals surface area contributed by atoms with E-state index >= 15 is 0 Å². The molecule has 2 N–H and O–H groups in total. The summed E-state index contributed by atoms with van der Waals surface area (Å²) in [7, 11) is 1.57. The summed E-state index contributed by atoms with van der Waals surface area (Å²) in [6.07, 6.45) is 3.68. The zero-order valence-electron chi connectivity index (χ0n) is 21.0. The number of carbonyl (C=O) groups excluding carboxylic acids is 1. The number of amides is 2. The van der Waals surface area contributed by atoms with Gasteiger partial charge in [-0.05, 0) is 43.2 Å². The van der Waals surface area contributed by atoms with Crippen molar-refractivity contribution >= 4 is 17.7 Å². The number of urea groups is 1. The molecule has 35 heavy (non-hydrogen) atoms. The van der Waals surface area contributed by atoms with Crippen LogP contribution in [0.25, 0.3) is 0 Å². The van der Waals surface area contributed by atoms with Gasteiger partial charge in [0.2, 0.25) is 0 Å². The van der Waals surface area contributed by atoms with Crippen LogP contribution >= 0.6 is 0 Å². The van der Waals surface area contributed by atoms with Crippen LogP contribution in [0.3, 0.4) is 0 Å². The van der Waals surface area contributed by atoms with Crippen molar-refractivity contribution in [2.24, 2.45) is 0 Å². The quantitative estimate of drug-likeness (QED) is 0.316. The normalized spacial score (nSPS) is 11.5. The zero-order valence-corrected chi connectivity index (χ0v) is 21.0. The van der Waals surface area contributed by atoms with Crippen LogP contribution in [0.5, 0.6) is 11.5 Å². The van der Waals surface area contributed by atoms with Crippen LogP contribution in [0.1, 0.15) is 45.1 Å². The summed E-state index contributed by atoms with van der Waals surface area (Å²) in [6, 6.07) is 14.4. The molecule has 2 aromatic rings. The van der Waals surface area contributed by atoms with Crippen LogP contribution in [0.2, 0.25) is 0 Å². The highest BCUT2D eigenvalue weighted by Crippen LogP contribution is 2.23. The molecule has 8 heteroatoms. The minimum absolute atomic E-state index is 0.194. The standard InChI is InChI=1S/C27H38N2O6/c1-4-6-7-10-17-29(27(32)28-23-11-8-9-12-24(23)33-3)18-19-35-22-15-13-21(14-16-22)20-25(26(30)31)34-5-2/h8-9,11-16,25H,4-7,10,17-20H2,1-3H3,(H,28,32)(H,30,31). The van der Waals surface area contributed by atoms with Gasteiger partial charge in [-0.3, -0.25) is 0 Å². The van der Waals surface area contributed by atoms with Crippen molar-refractivity contribution in [2.45, 2.75) is 52.1 Å². The third-order valence-electron chi connectivity index (χ3n) is 5.54. The maximum atomic E-state index is 13.0. The number of carboxylic acid groups (broad SMARTS) is 1. The maximum Gasteiger partial charge on any atom is 0.333 e. The number of ether oxygens (including phenoxy) is 3. The van der Waals surface area contributed by atoms with Gasteiger partial charge in [-0.25, -0.2) is 9.59 Å². The topological polar surface area (TPSA) is 97.3 Å². The zero-order chi connectivity index (χ0) is 25.5. The third-order valence-corrected chi connectivity index (χ3v) is 5.54. The molecule has 0 heterocycles. The first-order valence-corrected chi connectivity index (χ1v) is 12.2. The first-order valence-electron chi connectivity index (χ1n) is 12.2. The van der Waals surface area contributed by atoms with Gasteiger partial charge in [0.15, 0.2) is 6.10 Å². The second-order valence-electron chi connectivity index (χ2n) is 8.16. The SMILES string of the molecule is CCCCCCN(CCOc1ccc(CC(OCC)C(=O)O)cc1)C(=O)Nc1ccccc1OC. The van der Waals surface area contributed by atoms with E-state index in [0.717, 1.165) is 31.2 Å². The molecule has 0 radical (unpaired) electrons. The number of benzene rings is 2. The van der Waals surface area contributed by atoms with Crippen LogP contribution in [0, 0.1) is 0 Å². The second-order valence-corrected chi connectivity index (χ2v) is 8.16. The predicted molar refractivity (Wildman–Crippen MR) is 136 cm³/mol. The van der Waals surface area contributed by atoms with E-state index in [1.807, 2.05) is 30.3 Å². The largest absolute Gasteiger partial charge is 0.495 e. The molecule has 0 saturated heterocycles. The highest BCUT2D eigenvalue weighted by molar-refractivity contribution is 5.91. The van der Waals surface area contributed by atoms with Gasteiger partial charge in [0, 0.05) is 19.6 Å². The lowest BCUT2D eigenvalue weighted by molar-refractivity contribution is -0.149. The van der Waals surface area contributed by atoms with Gasteiger partial charge >= 0.3 is 12.0 Å². The molecule has 8 nitrogen and oxygen atoms in total. The van der Waals surface area contributed by atoms with Crippen LogP contribution in [-0.4, -0.2) is 61.5 Å². The number of methoxy groups -OCH3 is 1. The molecule has 0 aliphatic rings. The Morgan fingerprint density at radius 3 is 2.40 bits per heavy atom. The molecule has 0 aromatic heterocycles. The van der Waals surface area contributed by atoms with Crippen LogP contribution in [0.4, 0.5) is 10.5 Å². The molecule has 2 rings (SSSR count). The van der Waals surface area contributed by atoms with Gasteiger partial charge in [-0.1, -0.05) is 50.5 Å². The van der Waals surface area contributed by atoms with E-state index in [4.69, 9.17) is 14.2 Å². The van der Waals surface area contributed by atoms with Crippen molar-refractivity contribution in [2.75, 3.05) is 38.7 Å². The van der Waals surface area contributed by atoms with Gasteiger partial charge in [0.25, 0.3) is 0 Å². The van der Waals surface area contributed by atoms with Crippen LogP contribution in [-0.2, 0) is 16.0 Å². The Hall–Kier alpha value is -3.26. The number of hydrogen-bond donors (Lipinski definition) is 2. The predicted octanol–water partition coefficient (Wildman–Crippen LogP) is 5.22. The molecule has 2 amide bonds. The Bertz CT molecular complexity index is 903. The highest BCUT2D eigenvalue weighted by Gasteiger charge is 2.18. The second kappa shape index (κ2) is 15.6. The molecule has 2 aromatic carbocycles. The number of aliphatic carboxylic acids is 1. The first-order chi connectivity index (χ1) is 17.0. The van der Waals surface area contributed by atoms with Crippen LogP contribution < -0.4 is 14.8 Å². The van der Waals surface area contributed by atoms with Gasteiger partial charge < -0.3 is 29.5 Å². The van der Waals surface area contributed by atoms with Gasteiger partial charge in [-0.15, -0.1) is 0 Å². The van der Waals surface area contributed by atoms with E-state index in [2.05, 4.69) is 12.2 Å². The van der Waals surface area contributed by atoms with E-state index in [9.17, 15) is 14.7 Å². The van der Waals surface area contributed by atoms with Crippen molar-refractivity contribution in [3.8, 4) is 11.5 Å². The summed E-state index contributed by atoms with van der Waals surface area (Å²) >= 11 is 0. The number of carboxylic acids is 1. The third kappa shape index (κ3) is 9.86. The maximum absolute atomic E-state index is 13.0. The molecule has 0 saturated carbocycles. The van der Waals surface area contributed by atoms with Gasteiger partial charge in [-0.2, -0.15) is 0 Å². The van der Waals surface area contributed by atoms with E-state index < -0.39 is 12.1 Å². The Balaban J connectivity index is 1.93. The fraction of sp³-hybridized carbons (Fsp3) is 0.481. The number of nitrogens with one attached hydrogen (secondary N) is 1. The highest BCUT2D eigenvalue weighted by atomic mass is 16.5. The summed E-state index contributed by atoms with van der Waals surface area (Å²) < 4.78 is 16.5. The molecule has 0 fully saturated rings. The lowest BCUT2D eigenvalue weighted by Gasteiger charge is -2.24. The number of para-hydroxylation sites is 2. The summed E-state index contributed by atoms with van der Waals surface area (Å²) in [5.41, 5.74) is 1.48. The molecule has 192 valence electrons. The summed E-state index contributed by atoms with van der Waals surface area (Å²) in [5.74, 6) is 0.295. The monoisotopic (exact) mass is 486 g/mol. The minimum atomic E-state index is -0.974. The average molecular weight is 487 g/mol. The number of unbranched alkanes of at least 4 members (excludes halogenated alkanes) is 3. The van der Waals surface area contributed by atoms with E-state index in [-0.39, 0.29) is 12.5 Å². The number of anilines is 1. The Labute approximate surface area is 208 Å². The fourth-order valence-electron chi connectivity index (χ4n) is 3.61. The minimum Gasteiger partial charge on any atom is -0.495 e. The summed E-state index contributed by atoms with van der Waals surface area (Å²) in [4.78, 5) is 26.0. The molecule has 0 bridgehead atoms. The lowest BCUT2D eigenvalue weighted by Crippen LogP contribution is -2.38. The van der Waals surface area contributed by atoms with E-state index in [0.29, 0.717) is 43.5 Å². The molecule has 1 unspecified atom stereocenters. The smallest absolute Gasteiger partial charge is 0.333 e. The molecular weight excluding hydrogens is 448 g/mol. The average Bonchev–Trinajstić information content (AvgIpc) is 2.86. The summed E-state index contributed by atoms with van der Waals surface area (Å²) in [5, 5.41) is 12.2. The molecule has 1 atom stereocenters. The molecule has 0 aliphatic carbocycles. The molecular formula is C27H38N2O6. The number of hydrogen-bond acceptors (Lipinski definition) is 5.